The van der Waals surface area contributed by atoms with Crippen LogP contribution in [0.2, 0.25) is 0 Å². The van der Waals surface area contributed by atoms with E-state index in [1.165, 1.54) is 0 Å². The van der Waals surface area contributed by atoms with Crippen LogP contribution in [0.4, 0.5) is 0 Å². The molecule has 1 aromatic carbocycles. The Labute approximate surface area is 143 Å². The number of nitrogens with zero attached hydrogens (tertiary/aromatic N) is 2. The Hall–Kier alpha value is -2.40. The number of aromatic nitrogens is 1. The predicted octanol–water partition coefficient (Wildman–Crippen LogP) is 2.49. The van der Waals surface area contributed by atoms with Gasteiger partial charge in [-0.15, -0.1) is 0 Å². The van der Waals surface area contributed by atoms with Crippen LogP contribution in [-0.4, -0.2) is 33.5 Å². The van der Waals surface area contributed by atoms with Crippen LogP contribution in [0.5, 0.6) is 5.75 Å². The highest BCUT2D eigenvalue weighted by atomic mass is 16.3. The number of hydrogen-bond acceptors (Lipinski definition) is 4. The van der Waals surface area contributed by atoms with Gasteiger partial charge >= 0.3 is 0 Å². The van der Waals surface area contributed by atoms with E-state index in [4.69, 9.17) is 5.73 Å². The Balaban J connectivity index is 2.03. The third-order valence-electron chi connectivity index (χ3n) is 3.90. The Morgan fingerprint density at radius 1 is 1.25 bits per heavy atom. The second kappa shape index (κ2) is 9.03. The van der Waals surface area contributed by atoms with E-state index in [0.717, 1.165) is 24.0 Å². The molecule has 0 aliphatic carbocycles. The zero-order chi connectivity index (χ0) is 17.4. The molecular formula is C19H25N3O2. The van der Waals surface area contributed by atoms with Crippen molar-refractivity contribution in [1.29, 1.82) is 0 Å². The van der Waals surface area contributed by atoms with Gasteiger partial charge in [-0.05, 0) is 42.2 Å². The maximum atomic E-state index is 12.8. The Morgan fingerprint density at radius 3 is 2.62 bits per heavy atom. The van der Waals surface area contributed by atoms with E-state index in [1.54, 1.807) is 36.7 Å². The molecule has 0 bridgehead atoms. The van der Waals surface area contributed by atoms with Gasteiger partial charge in [-0.2, -0.15) is 0 Å². The van der Waals surface area contributed by atoms with Crippen LogP contribution in [0.1, 0.15) is 30.9 Å². The number of rotatable bonds is 8. The van der Waals surface area contributed by atoms with Crippen molar-refractivity contribution in [3.63, 3.8) is 0 Å². The average Bonchev–Trinajstić information content (AvgIpc) is 2.60. The Bertz CT molecular complexity index is 629. The van der Waals surface area contributed by atoms with Crippen molar-refractivity contribution in [2.45, 2.75) is 38.8 Å². The van der Waals surface area contributed by atoms with Crippen molar-refractivity contribution >= 4 is 5.91 Å². The molecule has 5 nitrogen and oxygen atoms in total. The summed E-state index contributed by atoms with van der Waals surface area (Å²) < 4.78 is 0. The van der Waals surface area contributed by atoms with Gasteiger partial charge in [0.1, 0.15) is 5.75 Å². The van der Waals surface area contributed by atoms with E-state index < -0.39 is 6.04 Å². The third-order valence-corrected chi connectivity index (χ3v) is 3.90. The van der Waals surface area contributed by atoms with Crippen LogP contribution in [-0.2, 0) is 17.8 Å². The fraction of sp³-hybridized carbons (Fsp3) is 0.368. The first-order valence-corrected chi connectivity index (χ1v) is 8.31. The largest absolute Gasteiger partial charge is 0.508 e. The molecule has 24 heavy (non-hydrogen) atoms. The van der Waals surface area contributed by atoms with Crippen LogP contribution in [0, 0.1) is 0 Å². The standard InChI is InChI=1S/C19H25N3O2/c1-2-3-11-22(14-16-5-4-10-21-13-16)19(24)18(20)12-15-6-8-17(23)9-7-15/h4-10,13,18,23H,2-3,11-12,14,20H2,1H3. The summed E-state index contributed by atoms with van der Waals surface area (Å²) in [6.07, 6.45) is 5.91. The van der Waals surface area contributed by atoms with Gasteiger partial charge in [-0.25, -0.2) is 0 Å². The minimum absolute atomic E-state index is 0.0552. The van der Waals surface area contributed by atoms with Gasteiger partial charge in [-0.3, -0.25) is 9.78 Å². The number of benzene rings is 1. The number of amides is 1. The van der Waals surface area contributed by atoms with Crippen LogP contribution >= 0.6 is 0 Å². The van der Waals surface area contributed by atoms with Gasteiger partial charge in [0.15, 0.2) is 0 Å². The van der Waals surface area contributed by atoms with Gasteiger partial charge in [0.05, 0.1) is 6.04 Å². The summed E-state index contributed by atoms with van der Waals surface area (Å²) in [5.41, 5.74) is 8.08. The Kier molecular flexibility index (Phi) is 6.75. The van der Waals surface area contributed by atoms with E-state index >= 15 is 0 Å². The van der Waals surface area contributed by atoms with Crippen LogP contribution < -0.4 is 5.73 Å². The molecule has 0 aliphatic rings. The molecule has 0 saturated carbocycles. The number of carbonyl (C=O) groups excluding carboxylic acids is 1. The van der Waals surface area contributed by atoms with Crippen molar-refractivity contribution in [3.05, 3.63) is 59.9 Å². The van der Waals surface area contributed by atoms with Gasteiger partial charge in [0.2, 0.25) is 5.91 Å². The second-order valence-corrected chi connectivity index (χ2v) is 5.95. The SMILES string of the molecule is CCCCN(Cc1cccnc1)C(=O)C(N)Cc1ccc(O)cc1. The lowest BCUT2D eigenvalue weighted by molar-refractivity contribution is -0.133. The van der Waals surface area contributed by atoms with Crippen molar-refractivity contribution < 1.29 is 9.90 Å². The lowest BCUT2D eigenvalue weighted by Gasteiger charge is -2.26. The molecule has 2 aromatic rings. The molecule has 1 unspecified atom stereocenters. The van der Waals surface area contributed by atoms with Crippen LogP contribution in [0.15, 0.2) is 48.8 Å². The molecule has 0 spiro atoms. The monoisotopic (exact) mass is 327 g/mol. The van der Waals surface area contributed by atoms with E-state index in [1.807, 2.05) is 17.0 Å². The number of carbonyl (C=O) groups is 1. The highest BCUT2D eigenvalue weighted by Crippen LogP contribution is 2.13. The normalized spacial score (nSPS) is 11.9. The van der Waals surface area contributed by atoms with Gasteiger partial charge < -0.3 is 15.7 Å². The maximum Gasteiger partial charge on any atom is 0.240 e. The zero-order valence-electron chi connectivity index (χ0n) is 14.1. The summed E-state index contributed by atoms with van der Waals surface area (Å²) in [7, 11) is 0. The molecule has 2 rings (SSSR count). The van der Waals surface area contributed by atoms with E-state index in [-0.39, 0.29) is 11.7 Å². The van der Waals surface area contributed by atoms with Crippen molar-refractivity contribution in [1.82, 2.24) is 9.88 Å². The van der Waals surface area contributed by atoms with E-state index in [2.05, 4.69) is 11.9 Å². The lowest BCUT2D eigenvalue weighted by Crippen LogP contribution is -2.45. The number of pyridine rings is 1. The van der Waals surface area contributed by atoms with Crippen LogP contribution in [0.3, 0.4) is 0 Å². The number of nitrogens with two attached hydrogens (primary N) is 1. The first-order valence-electron chi connectivity index (χ1n) is 8.31. The van der Waals surface area contributed by atoms with Gasteiger partial charge in [-0.1, -0.05) is 31.5 Å². The summed E-state index contributed by atoms with van der Waals surface area (Å²) in [6, 6.07) is 10.0. The average molecular weight is 327 g/mol. The van der Waals surface area contributed by atoms with Gasteiger partial charge in [0, 0.05) is 25.5 Å². The number of phenols is 1. The first kappa shape index (κ1) is 17.9. The molecule has 128 valence electrons. The highest BCUT2D eigenvalue weighted by Gasteiger charge is 2.21. The molecule has 1 aromatic heterocycles. The predicted molar refractivity (Wildman–Crippen MR) is 94.3 cm³/mol. The summed E-state index contributed by atoms with van der Waals surface area (Å²) in [5.74, 6) is 0.153. The maximum absolute atomic E-state index is 12.8. The molecular weight excluding hydrogens is 302 g/mol. The minimum atomic E-state index is -0.594. The van der Waals surface area contributed by atoms with E-state index in [9.17, 15) is 9.90 Å². The number of phenolic OH excluding ortho intramolecular Hbond substituents is 1. The van der Waals surface area contributed by atoms with Crippen molar-refractivity contribution in [2.24, 2.45) is 5.73 Å². The van der Waals surface area contributed by atoms with E-state index in [0.29, 0.717) is 19.5 Å². The van der Waals surface area contributed by atoms with Crippen molar-refractivity contribution in [3.8, 4) is 5.75 Å². The molecule has 3 N–H and O–H groups in total. The topological polar surface area (TPSA) is 79.5 Å². The second-order valence-electron chi connectivity index (χ2n) is 5.95. The Morgan fingerprint density at radius 2 is 2.00 bits per heavy atom. The summed E-state index contributed by atoms with van der Waals surface area (Å²) in [5, 5.41) is 9.34. The zero-order valence-corrected chi connectivity index (χ0v) is 14.1. The fourth-order valence-electron chi connectivity index (χ4n) is 2.54. The highest BCUT2D eigenvalue weighted by molar-refractivity contribution is 5.82. The number of aromatic hydroxyl groups is 1. The fourth-order valence-corrected chi connectivity index (χ4v) is 2.54. The summed E-state index contributed by atoms with van der Waals surface area (Å²) >= 11 is 0. The molecule has 0 radical (unpaired) electrons. The molecule has 1 heterocycles. The molecule has 0 saturated heterocycles. The molecule has 0 fully saturated rings. The van der Waals surface area contributed by atoms with Gasteiger partial charge in [0.25, 0.3) is 0 Å². The molecule has 0 aliphatic heterocycles. The first-order chi connectivity index (χ1) is 11.6. The lowest BCUT2D eigenvalue weighted by atomic mass is 10.0. The molecule has 1 atom stereocenters. The minimum Gasteiger partial charge on any atom is -0.508 e. The number of hydrogen-bond donors (Lipinski definition) is 2. The summed E-state index contributed by atoms with van der Waals surface area (Å²) in [6.45, 7) is 3.31. The summed E-state index contributed by atoms with van der Waals surface area (Å²) in [4.78, 5) is 18.7. The van der Waals surface area contributed by atoms with Crippen molar-refractivity contribution in [2.75, 3.05) is 6.54 Å². The number of unbranched alkanes of at least 4 members (excludes halogenated alkanes) is 1. The molecule has 1 amide bonds. The quantitative estimate of drug-likeness (QED) is 0.781. The van der Waals surface area contributed by atoms with Crippen LogP contribution in [0.25, 0.3) is 0 Å². The smallest absolute Gasteiger partial charge is 0.240 e. The third kappa shape index (κ3) is 5.35. The molecule has 5 heteroatoms.